The van der Waals surface area contributed by atoms with E-state index in [-0.39, 0.29) is 24.3 Å². The maximum atomic E-state index is 11.3. The lowest BCUT2D eigenvalue weighted by atomic mass is 10.0. The molecule has 0 N–H and O–H groups in total. The van der Waals surface area contributed by atoms with Crippen molar-refractivity contribution in [2.75, 3.05) is 6.61 Å². The van der Waals surface area contributed by atoms with Gasteiger partial charge in [0, 0.05) is 0 Å². The first-order chi connectivity index (χ1) is 6.38. The Morgan fingerprint density at radius 1 is 1.57 bits per heavy atom. The van der Waals surface area contributed by atoms with Gasteiger partial charge in [0.2, 0.25) is 0 Å². The highest BCUT2D eigenvalue weighted by molar-refractivity contribution is 5.81. The fraction of sp³-hybridized carbons (Fsp3) is 0.800. The summed E-state index contributed by atoms with van der Waals surface area (Å²) in [7, 11) is 0. The van der Waals surface area contributed by atoms with Crippen molar-refractivity contribution < 1.29 is 19.1 Å². The number of carbonyl (C=O) groups is 2. The maximum absolute atomic E-state index is 11.3. The first-order valence-corrected chi connectivity index (χ1v) is 4.77. The maximum Gasteiger partial charge on any atom is 0.309 e. The van der Waals surface area contributed by atoms with Crippen molar-refractivity contribution >= 4 is 11.9 Å². The Kier molecular flexibility index (Phi) is 3.13. The number of hydrogen-bond donors (Lipinski definition) is 0. The van der Waals surface area contributed by atoms with Crippen LogP contribution in [0.25, 0.3) is 0 Å². The summed E-state index contributed by atoms with van der Waals surface area (Å²) < 4.78 is 9.85. The highest BCUT2D eigenvalue weighted by atomic mass is 16.6. The quantitative estimate of drug-likeness (QED) is 0.630. The van der Waals surface area contributed by atoms with E-state index in [1.807, 2.05) is 0 Å². The molecule has 0 aromatic heterocycles. The third-order valence-corrected chi connectivity index (χ3v) is 1.88. The topological polar surface area (TPSA) is 52.6 Å². The minimum absolute atomic E-state index is 0.135. The monoisotopic (exact) mass is 200 g/mol. The second-order valence-electron chi connectivity index (χ2n) is 4.44. The molecule has 0 aromatic rings. The summed E-state index contributed by atoms with van der Waals surface area (Å²) in [5.41, 5.74) is -0.487. The Morgan fingerprint density at radius 2 is 2.21 bits per heavy atom. The van der Waals surface area contributed by atoms with Crippen LogP contribution in [0, 0.1) is 5.92 Å². The molecule has 1 atom stereocenters. The Balaban J connectivity index is 2.37. The highest BCUT2D eigenvalue weighted by Gasteiger charge is 2.30. The molecule has 0 saturated carbocycles. The van der Waals surface area contributed by atoms with Gasteiger partial charge in [-0.25, -0.2) is 0 Å². The largest absolute Gasteiger partial charge is 0.465 e. The molecule has 4 heteroatoms. The number of esters is 2. The van der Waals surface area contributed by atoms with Crippen LogP contribution in [0.2, 0.25) is 0 Å². The van der Waals surface area contributed by atoms with E-state index in [2.05, 4.69) is 0 Å². The Bertz CT molecular complexity index is 239. The lowest BCUT2D eigenvalue weighted by molar-refractivity contribution is -0.158. The van der Waals surface area contributed by atoms with Gasteiger partial charge in [-0.05, 0) is 27.2 Å². The molecule has 0 unspecified atom stereocenters. The fourth-order valence-corrected chi connectivity index (χ4v) is 1.31. The van der Waals surface area contributed by atoms with Crippen LogP contribution in [-0.2, 0) is 19.1 Å². The molecule has 0 bridgehead atoms. The van der Waals surface area contributed by atoms with Crippen LogP contribution < -0.4 is 0 Å². The van der Waals surface area contributed by atoms with Gasteiger partial charge < -0.3 is 9.47 Å². The van der Waals surface area contributed by atoms with E-state index in [9.17, 15) is 9.59 Å². The molecular weight excluding hydrogens is 184 g/mol. The van der Waals surface area contributed by atoms with Crippen molar-refractivity contribution in [2.45, 2.75) is 39.2 Å². The van der Waals surface area contributed by atoms with Gasteiger partial charge in [-0.15, -0.1) is 0 Å². The molecule has 1 aliphatic rings. The molecule has 4 nitrogen and oxygen atoms in total. The van der Waals surface area contributed by atoms with Crippen LogP contribution >= 0.6 is 0 Å². The highest BCUT2D eigenvalue weighted by Crippen LogP contribution is 2.20. The molecule has 1 fully saturated rings. The fourth-order valence-electron chi connectivity index (χ4n) is 1.31. The van der Waals surface area contributed by atoms with Gasteiger partial charge in [-0.2, -0.15) is 0 Å². The minimum atomic E-state index is -0.487. The second kappa shape index (κ2) is 3.98. The third-order valence-electron chi connectivity index (χ3n) is 1.88. The van der Waals surface area contributed by atoms with Crippen LogP contribution in [0.5, 0.6) is 0 Å². The molecule has 0 amide bonds. The Morgan fingerprint density at radius 3 is 2.64 bits per heavy atom. The Labute approximate surface area is 83.6 Å². The average Bonchev–Trinajstić information content (AvgIpc) is 2.32. The van der Waals surface area contributed by atoms with E-state index in [0.29, 0.717) is 13.0 Å². The summed E-state index contributed by atoms with van der Waals surface area (Å²) >= 11 is 0. The predicted octanol–water partition coefficient (Wildman–Crippen LogP) is 1.28. The van der Waals surface area contributed by atoms with E-state index in [0.717, 1.165) is 0 Å². The average molecular weight is 200 g/mol. The number of ether oxygens (including phenoxy) is 2. The van der Waals surface area contributed by atoms with Gasteiger partial charge in [-0.3, -0.25) is 9.59 Å². The molecule has 0 aromatic carbocycles. The van der Waals surface area contributed by atoms with Crippen molar-refractivity contribution in [3.05, 3.63) is 0 Å². The molecule has 0 radical (unpaired) electrons. The van der Waals surface area contributed by atoms with Crippen LogP contribution in [0.1, 0.15) is 33.6 Å². The smallest absolute Gasteiger partial charge is 0.309 e. The minimum Gasteiger partial charge on any atom is -0.465 e. The number of carbonyl (C=O) groups excluding carboxylic acids is 2. The molecule has 1 saturated heterocycles. The van der Waals surface area contributed by atoms with Crippen molar-refractivity contribution in [1.29, 1.82) is 0 Å². The zero-order chi connectivity index (χ0) is 10.8. The van der Waals surface area contributed by atoms with Gasteiger partial charge in [0.1, 0.15) is 5.60 Å². The van der Waals surface area contributed by atoms with Gasteiger partial charge in [0.15, 0.2) is 0 Å². The number of cyclic esters (lactones) is 1. The molecule has 14 heavy (non-hydrogen) atoms. The zero-order valence-corrected chi connectivity index (χ0v) is 8.83. The van der Waals surface area contributed by atoms with E-state index in [1.165, 1.54) is 0 Å². The third kappa shape index (κ3) is 3.36. The molecule has 0 spiro atoms. The second-order valence-corrected chi connectivity index (χ2v) is 4.44. The van der Waals surface area contributed by atoms with E-state index < -0.39 is 5.60 Å². The van der Waals surface area contributed by atoms with E-state index >= 15 is 0 Å². The molecule has 0 aliphatic carbocycles. The zero-order valence-electron chi connectivity index (χ0n) is 8.83. The first-order valence-electron chi connectivity index (χ1n) is 4.77. The van der Waals surface area contributed by atoms with Crippen LogP contribution in [0.15, 0.2) is 0 Å². The Hall–Kier alpha value is -1.06. The summed E-state index contributed by atoms with van der Waals surface area (Å²) in [5.74, 6) is -0.915. The van der Waals surface area contributed by atoms with Crippen molar-refractivity contribution in [3.8, 4) is 0 Å². The van der Waals surface area contributed by atoms with E-state index in [1.54, 1.807) is 20.8 Å². The van der Waals surface area contributed by atoms with Gasteiger partial charge in [0.25, 0.3) is 0 Å². The molecule has 1 rings (SSSR count). The molecule has 1 heterocycles. The van der Waals surface area contributed by atoms with Gasteiger partial charge in [-0.1, -0.05) is 0 Å². The summed E-state index contributed by atoms with van der Waals surface area (Å²) in [6.07, 6.45) is 0.758. The van der Waals surface area contributed by atoms with Gasteiger partial charge in [0.05, 0.1) is 18.9 Å². The predicted molar refractivity (Wildman–Crippen MR) is 49.5 cm³/mol. The van der Waals surface area contributed by atoms with Gasteiger partial charge >= 0.3 is 11.9 Å². The van der Waals surface area contributed by atoms with Crippen LogP contribution in [-0.4, -0.2) is 24.1 Å². The lowest BCUT2D eigenvalue weighted by Gasteiger charge is -2.19. The number of rotatable bonds is 2. The first kappa shape index (κ1) is 11.0. The molecular formula is C10H16O4. The van der Waals surface area contributed by atoms with Crippen LogP contribution in [0.3, 0.4) is 0 Å². The normalized spacial score (nSPS) is 21.9. The summed E-state index contributed by atoms with van der Waals surface area (Å²) in [5, 5.41) is 0. The SMILES string of the molecule is CC(C)(C)OC(=O)C[C@@H]1CCOC1=O. The lowest BCUT2D eigenvalue weighted by Crippen LogP contribution is -2.26. The molecule has 1 aliphatic heterocycles. The summed E-state index contributed by atoms with van der Waals surface area (Å²) in [6.45, 7) is 5.83. The summed E-state index contributed by atoms with van der Waals surface area (Å²) in [6, 6.07) is 0. The van der Waals surface area contributed by atoms with Crippen molar-refractivity contribution in [1.82, 2.24) is 0 Å². The van der Waals surface area contributed by atoms with Crippen molar-refractivity contribution in [2.24, 2.45) is 5.92 Å². The standard InChI is InChI=1S/C10H16O4/c1-10(2,3)14-8(11)6-7-4-5-13-9(7)12/h7H,4-6H2,1-3H3/t7-/m0/s1. The van der Waals surface area contributed by atoms with Crippen molar-refractivity contribution in [3.63, 3.8) is 0 Å². The number of hydrogen-bond acceptors (Lipinski definition) is 4. The summed E-state index contributed by atoms with van der Waals surface area (Å²) in [4.78, 5) is 22.4. The van der Waals surface area contributed by atoms with E-state index in [4.69, 9.17) is 9.47 Å². The molecule has 80 valence electrons. The van der Waals surface area contributed by atoms with Crippen LogP contribution in [0.4, 0.5) is 0 Å².